The topological polar surface area (TPSA) is 108 Å². The van der Waals surface area contributed by atoms with Crippen LogP contribution in [0.3, 0.4) is 0 Å². The molecule has 0 aliphatic carbocycles. The third-order valence-electron chi connectivity index (χ3n) is 4.12. The number of hydrogen-bond acceptors (Lipinski definition) is 6. The van der Waals surface area contributed by atoms with Crippen LogP contribution in [0.15, 0.2) is 54.9 Å². The molecule has 0 aliphatic rings. The lowest BCUT2D eigenvalue weighted by Crippen LogP contribution is -2.29. The number of carbonyl (C=O) groups is 1. The first-order valence-corrected chi connectivity index (χ1v) is 9.44. The average molecular weight is 389 g/mol. The van der Waals surface area contributed by atoms with Crippen molar-refractivity contribution in [2.75, 3.05) is 23.7 Å². The molecule has 3 N–H and O–H groups in total. The lowest BCUT2D eigenvalue weighted by molar-refractivity contribution is -0.119. The molecule has 148 valence electrons. The predicted molar refractivity (Wildman–Crippen MR) is 112 cm³/mol. The van der Waals surface area contributed by atoms with Crippen LogP contribution >= 0.6 is 0 Å². The number of anilines is 2. The number of nitrogens with zero attached hydrogens (tertiary/aromatic N) is 4. The normalized spacial score (nSPS) is 10.2. The van der Waals surface area contributed by atoms with Crippen molar-refractivity contribution >= 4 is 17.7 Å². The highest BCUT2D eigenvalue weighted by atomic mass is 16.1. The standard InChI is InChI=1S/C21H23N7O/c1-2-9-23-21-26-18(12-19(27-21)28-10-3-4-11-28)24-15-20(29)25-14-17-7-5-16(13-22)6-8-17/h3-8,10-12H,2,9,14-15H2,1H3,(H,25,29)(H2,23,24,26,27). The Bertz CT molecular complexity index is 975. The maximum Gasteiger partial charge on any atom is 0.239 e. The Morgan fingerprint density at radius 3 is 2.59 bits per heavy atom. The maximum atomic E-state index is 12.2. The van der Waals surface area contributed by atoms with Gasteiger partial charge in [-0.2, -0.15) is 15.2 Å². The van der Waals surface area contributed by atoms with Gasteiger partial charge in [0.2, 0.25) is 11.9 Å². The minimum Gasteiger partial charge on any atom is -0.361 e. The molecule has 3 rings (SSSR count). The highest BCUT2D eigenvalue weighted by molar-refractivity contribution is 5.80. The van der Waals surface area contributed by atoms with E-state index >= 15 is 0 Å². The van der Waals surface area contributed by atoms with Crippen LogP contribution in [0.25, 0.3) is 5.82 Å². The van der Waals surface area contributed by atoms with Gasteiger partial charge in [-0.3, -0.25) is 4.79 Å². The van der Waals surface area contributed by atoms with Crippen LogP contribution in [-0.2, 0) is 11.3 Å². The van der Waals surface area contributed by atoms with Crippen molar-refractivity contribution in [1.82, 2.24) is 19.9 Å². The molecule has 0 aliphatic heterocycles. The summed E-state index contributed by atoms with van der Waals surface area (Å²) < 4.78 is 1.88. The van der Waals surface area contributed by atoms with Crippen LogP contribution in [0.2, 0.25) is 0 Å². The second kappa shape index (κ2) is 9.90. The van der Waals surface area contributed by atoms with Gasteiger partial charge in [-0.1, -0.05) is 19.1 Å². The van der Waals surface area contributed by atoms with Gasteiger partial charge in [-0.15, -0.1) is 0 Å². The van der Waals surface area contributed by atoms with Crippen LogP contribution in [0.1, 0.15) is 24.5 Å². The smallest absolute Gasteiger partial charge is 0.239 e. The van der Waals surface area contributed by atoms with Crippen LogP contribution in [0.5, 0.6) is 0 Å². The molecule has 0 bridgehead atoms. The Morgan fingerprint density at radius 1 is 1.14 bits per heavy atom. The molecule has 0 spiro atoms. The number of amides is 1. The van der Waals surface area contributed by atoms with E-state index in [4.69, 9.17) is 5.26 Å². The fourth-order valence-corrected chi connectivity index (χ4v) is 2.59. The fourth-order valence-electron chi connectivity index (χ4n) is 2.59. The third kappa shape index (κ3) is 5.81. The number of carbonyl (C=O) groups excluding carboxylic acids is 1. The highest BCUT2D eigenvalue weighted by Gasteiger charge is 2.08. The van der Waals surface area contributed by atoms with E-state index in [0.29, 0.717) is 29.7 Å². The van der Waals surface area contributed by atoms with Crippen LogP contribution in [-0.4, -0.2) is 33.5 Å². The minimum atomic E-state index is -0.154. The summed E-state index contributed by atoms with van der Waals surface area (Å²) in [5.74, 6) is 1.64. The van der Waals surface area contributed by atoms with Gasteiger partial charge >= 0.3 is 0 Å². The second-order valence-electron chi connectivity index (χ2n) is 6.39. The third-order valence-corrected chi connectivity index (χ3v) is 4.12. The van der Waals surface area contributed by atoms with E-state index in [-0.39, 0.29) is 12.5 Å². The minimum absolute atomic E-state index is 0.0889. The Labute approximate surface area is 169 Å². The lowest BCUT2D eigenvalue weighted by Gasteiger charge is -2.12. The van der Waals surface area contributed by atoms with E-state index in [1.165, 1.54) is 0 Å². The molecule has 0 saturated carbocycles. The summed E-state index contributed by atoms with van der Waals surface area (Å²) in [6.45, 7) is 3.32. The predicted octanol–water partition coefficient (Wildman–Crippen LogP) is 2.69. The van der Waals surface area contributed by atoms with E-state index < -0.39 is 0 Å². The van der Waals surface area contributed by atoms with Crippen molar-refractivity contribution in [2.24, 2.45) is 0 Å². The quantitative estimate of drug-likeness (QED) is 0.519. The van der Waals surface area contributed by atoms with Crippen molar-refractivity contribution < 1.29 is 4.79 Å². The molecule has 8 heteroatoms. The first-order chi connectivity index (χ1) is 14.2. The Hall–Kier alpha value is -3.86. The van der Waals surface area contributed by atoms with E-state index in [0.717, 1.165) is 18.5 Å². The van der Waals surface area contributed by atoms with Gasteiger partial charge in [0.15, 0.2) is 0 Å². The van der Waals surface area contributed by atoms with E-state index in [9.17, 15) is 4.79 Å². The van der Waals surface area contributed by atoms with Crippen LogP contribution in [0.4, 0.5) is 11.8 Å². The van der Waals surface area contributed by atoms with Gasteiger partial charge in [0.1, 0.15) is 11.6 Å². The Balaban J connectivity index is 1.60. The van der Waals surface area contributed by atoms with Gasteiger partial charge in [0.25, 0.3) is 0 Å². The molecule has 1 amide bonds. The molecular formula is C21H23N7O. The Kier molecular flexibility index (Phi) is 6.79. The molecule has 2 aromatic heterocycles. The average Bonchev–Trinajstić information content (AvgIpc) is 3.30. The number of nitrogens with one attached hydrogen (secondary N) is 3. The molecule has 8 nitrogen and oxygen atoms in total. The first kappa shape index (κ1) is 19.9. The van der Waals surface area contributed by atoms with Gasteiger partial charge in [0, 0.05) is 31.5 Å². The number of nitriles is 1. The first-order valence-electron chi connectivity index (χ1n) is 9.44. The van der Waals surface area contributed by atoms with Crippen molar-refractivity contribution in [3.63, 3.8) is 0 Å². The summed E-state index contributed by atoms with van der Waals surface area (Å²) in [4.78, 5) is 21.1. The zero-order valence-electron chi connectivity index (χ0n) is 16.2. The van der Waals surface area contributed by atoms with Gasteiger partial charge < -0.3 is 20.5 Å². The molecule has 2 heterocycles. The summed E-state index contributed by atoms with van der Waals surface area (Å²) in [7, 11) is 0. The van der Waals surface area contributed by atoms with Crippen molar-refractivity contribution in [1.29, 1.82) is 5.26 Å². The van der Waals surface area contributed by atoms with Gasteiger partial charge in [-0.05, 0) is 36.2 Å². The number of benzene rings is 1. The van der Waals surface area contributed by atoms with Crippen molar-refractivity contribution in [2.45, 2.75) is 19.9 Å². The van der Waals surface area contributed by atoms with Crippen molar-refractivity contribution in [3.05, 3.63) is 66.0 Å². The summed E-state index contributed by atoms with van der Waals surface area (Å²) in [6, 6.07) is 14.8. The summed E-state index contributed by atoms with van der Waals surface area (Å²) in [5, 5.41) is 17.9. The maximum absolute atomic E-state index is 12.2. The fraction of sp³-hybridized carbons (Fsp3) is 0.238. The monoisotopic (exact) mass is 389 g/mol. The number of rotatable bonds is 9. The van der Waals surface area contributed by atoms with Crippen molar-refractivity contribution in [3.8, 4) is 11.9 Å². The van der Waals surface area contributed by atoms with Crippen LogP contribution < -0.4 is 16.0 Å². The zero-order chi connectivity index (χ0) is 20.5. The molecule has 1 aromatic carbocycles. The summed E-state index contributed by atoms with van der Waals surface area (Å²) >= 11 is 0. The molecule has 3 aromatic rings. The summed E-state index contributed by atoms with van der Waals surface area (Å²) in [5.41, 5.74) is 1.52. The highest BCUT2D eigenvalue weighted by Crippen LogP contribution is 2.14. The van der Waals surface area contributed by atoms with E-state index in [1.54, 1.807) is 18.2 Å². The van der Waals surface area contributed by atoms with E-state index in [1.807, 2.05) is 41.2 Å². The SMILES string of the molecule is CCCNc1nc(NCC(=O)NCc2ccc(C#N)cc2)cc(-n2cccc2)n1. The lowest BCUT2D eigenvalue weighted by atomic mass is 10.1. The van der Waals surface area contributed by atoms with Crippen LogP contribution in [0, 0.1) is 11.3 Å². The van der Waals surface area contributed by atoms with Gasteiger partial charge in [0.05, 0.1) is 18.2 Å². The largest absolute Gasteiger partial charge is 0.361 e. The number of hydrogen-bond donors (Lipinski definition) is 3. The molecular weight excluding hydrogens is 366 g/mol. The molecule has 0 atom stereocenters. The molecule has 29 heavy (non-hydrogen) atoms. The number of aromatic nitrogens is 3. The second-order valence-corrected chi connectivity index (χ2v) is 6.39. The zero-order valence-corrected chi connectivity index (χ0v) is 16.2. The molecule has 0 fully saturated rings. The molecule has 0 unspecified atom stereocenters. The van der Waals surface area contributed by atoms with Gasteiger partial charge in [-0.25, -0.2) is 0 Å². The molecule has 0 radical (unpaired) electrons. The van der Waals surface area contributed by atoms with E-state index in [2.05, 4.69) is 38.9 Å². The summed E-state index contributed by atoms with van der Waals surface area (Å²) in [6.07, 6.45) is 4.76. The Morgan fingerprint density at radius 2 is 1.90 bits per heavy atom. The molecule has 0 saturated heterocycles.